The normalized spacial score (nSPS) is 31.3. The van der Waals surface area contributed by atoms with E-state index in [9.17, 15) is 4.79 Å². The lowest BCUT2D eigenvalue weighted by Gasteiger charge is -2.57. The van der Waals surface area contributed by atoms with Crippen LogP contribution in [0, 0.1) is 17.8 Å². The number of para-hydroxylation sites is 2. The van der Waals surface area contributed by atoms with Crippen LogP contribution in [0.15, 0.2) is 53.2 Å². The van der Waals surface area contributed by atoms with Crippen molar-refractivity contribution in [3.05, 3.63) is 54.5 Å². The molecule has 0 spiro atoms. The number of benzene rings is 1. The third kappa shape index (κ3) is 3.41. The smallest absolute Gasteiger partial charge is 0.248 e. The van der Waals surface area contributed by atoms with Gasteiger partial charge in [-0.2, -0.15) is 0 Å². The molecule has 2 aromatic rings. The molecule has 4 bridgehead atoms. The van der Waals surface area contributed by atoms with Crippen LogP contribution < -0.4 is 10.6 Å². The third-order valence-electron chi connectivity index (χ3n) is 6.57. The summed E-state index contributed by atoms with van der Waals surface area (Å²) in [6.07, 6.45) is 12.9. The molecule has 6 rings (SSSR count). The van der Waals surface area contributed by atoms with Gasteiger partial charge in [0.1, 0.15) is 5.76 Å². The van der Waals surface area contributed by atoms with E-state index in [4.69, 9.17) is 4.42 Å². The minimum Gasteiger partial charge on any atom is -0.465 e. The summed E-state index contributed by atoms with van der Waals surface area (Å²) in [5.74, 6) is 3.20. The highest BCUT2D eigenvalue weighted by atomic mass is 16.3. The van der Waals surface area contributed by atoms with Crippen LogP contribution in [-0.4, -0.2) is 11.4 Å². The molecule has 1 heterocycles. The molecule has 0 radical (unpaired) electrons. The summed E-state index contributed by atoms with van der Waals surface area (Å²) < 4.78 is 5.24. The number of nitrogens with one attached hydrogen (secondary N) is 2. The second kappa shape index (κ2) is 6.59. The summed E-state index contributed by atoms with van der Waals surface area (Å²) in [7, 11) is 0. The largest absolute Gasteiger partial charge is 0.465 e. The van der Waals surface area contributed by atoms with Gasteiger partial charge in [-0.15, -0.1) is 0 Å². The third-order valence-corrected chi connectivity index (χ3v) is 6.57. The summed E-state index contributed by atoms with van der Waals surface area (Å²) in [4.78, 5) is 12.4. The molecule has 4 fully saturated rings. The molecule has 4 saturated carbocycles. The van der Waals surface area contributed by atoms with Crippen LogP contribution in [0.4, 0.5) is 11.4 Å². The first-order valence-corrected chi connectivity index (χ1v) is 10.1. The molecule has 1 amide bonds. The van der Waals surface area contributed by atoms with E-state index < -0.39 is 0 Å². The average Bonchev–Trinajstić information content (AvgIpc) is 3.14. The van der Waals surface area contributed by atoms with Crippen molar-refractivity contribution in [1.82, 2.24) is 0 Å². The van der Waals surface area contributed by atoms with Crippen molar-refractivity contribution in [2.75, 3.05) is 10.6 Å². The van der Waals surface area contributed by atoms with Crippen LogP contribution in [0.3, 0.4) is 0 Å². The lowest BCUT2D eigenvalue weighted by molar-refractivity contribution is -0.111. The Morgan fingerprint density at radius 1 is 0.963 bits per heavy atom. The predicted octanol–water partition coefficient (Wildman–Crippen LogP) is 5.31. The van der Waals surface area contributed by atoms with Gasteiger partial charge < -0.3 is 15.1 Å². The number of hydrogen-bond acceptors (Lipinski definition) is 3. The zero-order valence-electron chi connectivity index (χ0n) is 15.5. The van der Waals surface area contributed by atoms with Gasteiger partial charge in [-0.1, -0.05) is 12.1 Å². The predicted molar refractivity (Wildman–Crippen MR) is 107 cm³/mol. The average molecular weight is 362 g/mol. The fraction of sp³-hybridized carbons (Fsp3) is 0.435. The molecule has 4 aliphatic carbocycles. The van der Waals surface area contributed by atoms with Crippen molar-refractivity contribution in [2.24, 2.45) is 17.8 Å². The highest BCUT2D eigenvalue weighted by Crippen LogP contribution is 2.56. The molecular weight excluding hydrogens is 336 g/mol. The quantitative estimate of drug-likeness (QED) is 0.709. The van der Waals surface area contributed by atoms with Gasteiger partial charge in [0, 0.05) is 11.6 Å². The Balaban J connectivity index is 1.32. The lowest BCUT2D eigenvalue weighted by atomic mass is 9.53. The Labute approximate surface area is 160 Å². The number of hydrogen-bond donors (Lipinski definition) is 2. The van der Waals surface area contributed by atoms with Gasteiger partial charge in [0.05, 0.1) is 17.6 Å². The fourth-order valence-electron chi connectivity index (χ4n) is 5.97. The van der Waals surface area contributed by atoms with Crippen LogP contribution >= 0.6 is 0 Å². The topological polar surface area (TPSA) is 54.3 Å². The molecule has 1 aromatic heterocycles. The molecule has 0 atom stereocenters. The molecule has 140 valence electrons. The van der Waals surface area contributed by atoms with Crippen LogP contribution in [0.1, 0.15) is 44.3 Å². The van der Waals surface area contributed by atoms with Crippen molar-refractivity contribution in [1.29, 1.82) is 0 Å². The number of amides is 1. The minimum absolute atomic E-state index is 0.147. The van der Waals surface area contributed by atoms with Gasteiger partial charge in [-0.3, -0.25) is 4.79 Å². The zero-order valence-corrected chi connectivity index (χ0v) is 15.5. The molecule has 4 heteroatoms. The summed E-state index contributed by atoms with van der Waals surface area (Å²) in [6, 6.07) is 11.7. The maximum absolute atomic E-state index is 12.4. The van der Waals surface area contributed by atoms with Crippen LogP contribution in [-0.2, 0) is 4.79 Å². The Morgan fingerprint density at radius 3 is 2.26 bits per heavy atom. The molecule has 0 unspecified atom stereocenters. The van der Waals surface area contributed by atoms with Crippen LogP contribution in [0.2, 0.25) is 0 Å². The van der Waals surface area contributed by atoms with Crippen LogP contribution in [0.5, 0.6) is 0 Å². The van der Waals surface area contributed by atoms with E-state index in [0.717, 1.165) is 29.1 Å². The van der Waals surface area contributed by atoms with Gasteiger partial charge >= 0.3 is 0 Å². The molecule has 4 nitrogen and oxygen atoms in total. The first-order chi connectivity index (χ1) is 13.2. The number of anilines is 2. The van der Waals surface area contributed by atoms with Gasteiger partial charge in [-0.05, 0) is 86.6 Å². The van der Waals surface area contributed by atoms with E-state index >= 15 is 0 Å². The number of carbonyl (C=O) groups is 1. The first-order valence-electron chi connectivity index (χ1n) is 10.1. The SMILES string of the molecule is O=C(/C=C/c1ccco1)Nc1ccccc1NC12CC3CC(CC(C3)C1)C2. The van der Waals surface area contributed by atoms with Gasteiger partial charge in [0.25, 0.3) is 0 Å². The molecule has 0 aliphatic heterocycles. The highest BCUT2D eigenvalue weighted by molar-refractivity contribution is 6.03. The summed E-state index contributed by atoms with van der Waals surface area (Å²) in [5, 5.41) is 6.90. The maximum Gasteiger partial charge on any atom is 0.248 e. The second-order valence-corrected chi connectivity index (χ2v) is 8.71. The Bertz CT molecular complexity index is 818. The van der Waals surface area contributed by atoms with E-state index in [-0.39, 0.29) is 11.4 Å². The standard InChI is InChI=1S/C23H26N2O2/c26-22(8-7-19-4-3-9-27-19)24-20-5-1-2-6-21(20)25-23-13-16-10-17(14-23)12-18(11-16)15-23/h1-9,16-18,25H,10-15H2,(H,24,26)/b8-7+. The molecule has 1 aromatic carbocycles. The van der Waals surface area contributed by atoms with Crippen molar-refractivity contribution in [3.8, 4) is 0 Å². The van der Waals surface area contributed by atoms with Gasteiger partial charge in [-0.25, -0.2) is 0 Å². The molecule has 4 aliphatic rings. The number of furan rings is 1. The van der Waals surface area contributed by atoms with Crippen molar-refractivity contribution in [2.45, 2.75) is 44.1 Å². The van der Waals surface area contributed by atoms with Crippen molar-refractivity contribution < 1.29 is 9.21 Å². The molecule has 0 saturated heterocycles. The Hall–Kier alpha value is -2.49. The van der Waals surface area contributed by atoms with Crippen LogP contribution in [0.25, 0.3) is 6.08 Å². The van der Waals surface area contributed by atoms with E-state index in [2.05, 4.69) is 16.7 Å². The summed E-state index contributed by atoms with van der Waals surface area (Å²) in [6.45, 7) is 0. The maximum atomic E-state index is 12.4. The fourth-order valence-corrected chi connectivity index (χ4v) is 5.97. The number of rotatable bonds is 5. The van der Waals surface area contributed by atoms with E-state index in [0.29, 0.717) is 5.76 Å². The summed E-state index contributed by atoms with van der Waals surface area (Å²) in [5.41, 5.74) is 2.11. The monoisotopic (exact) mass is 362 g/mol. The van der Waals surface area contributed by atoms with Gasteiger partial charge in [0.2, 0.25) is 5.91 Å². The summed E-state index contributed by atoms with van der Waals surface area (Å²) >= 11 is 0. The van der Waals surface area contributed by atoms with Crippen molar-refractivity contribution in [3.63, 3.8) is 0 Å². The lowest BCUT2D eigenvalue weighted by Crippen LogP contribution is -2.54. The Kier molecular flexibility index (Phi) is 4.07. The van der Waals surface area contributed by atoms with E-state index in [1.54, 1.807) is 12.3 Å². The van der Waals surface area contributed by atoms with E-state index in [1.807, 2.05) is 30.3 Å². The number of carbonyl (C=O) groups excluding carboxylic acids is 1. The van der Waals surface area contributed by atoms with E-state index in [1.165, 1.54) is 44.6 Å². The molecular formula is C23H26N2O2. The minimum atomic E-state index is -0.147. The van der Waals surface area contributed by atoms with Crippen molar-refractivity contribution >= 4 is 23.4 Å². The molecule has 2 N–H and O–H groups in total. The van der Waals surface area contributed by atoms with Gasteiger partial charge in [0.15, 0.2) is 0 Å². The molecule has 27 heavy (non-hydrogen) atoms. The first kappa shape index (κ1) is 16.7. The Morgan fingerprint density at radius 2 is 1.63 bits per heavy atom. The second-order valence-electron chi connectivity index (χ2n) is 8.71. The highest BCUT2D eigenvalue weighted by Gasteiger charge is 2.51. The zero-order chi connectivity index (χ0) is 18.3.